The second-order valence-corrected chi connectivity index (χ2v) is 3.26. The number of halogens is 4. The summed E-state index contributed by atoms with van der Waals surface area (Å²) in [5, 5.41) is 0.0383. The van der Waals surface area contributed by atoms with Crippen LogP contribution in [-0.2, 0) is 6.18 Å². The van der Waals surface area contributed by atoms with Gasteiger partial charge in [-0.3, -0.25) is 0 Å². The van der Waals surface area contributed by atoms with Crippen molar-refractivity contribution in [2.24, 2.45) is 0 Å². The van der Waals surface area contributed by atoms with Crippen LogP contribution >= 0.6 is 24.2 Å². The van der Waals surface area contributed by atoms with Gasteiger partial charge >= 0.3 is 6.18 Å². The number of anilines is 1. The average Bonchev–Trinajstić information content (AvgIpc) is 1.97. The van der Waals surface area contributed by atoms with Crippen LogP contribution in [0.25, 0.3) is 0 Å². The Morgan fingerprint density at radius 2 is 1.85 bits per heavy atom. The van der Waals surface area contributed by atoms with Gasteiger partial charge in [-0.05, 0) is 12.1 Å². The SMILES string of the molecule is Nc1cc(C(F)(F)F)cc(S)c1Cl. The minimum Gasteiger partial charge on any atom is -0.397 e. The minimum absolute atomic E-state index is 0.0222. The molecule has 0 atom stereocenters. The highest BCUT2D eigenvalue weighted by Crippen LogP contribution is 2.36. The van der Waals surface area contributed by atoms with Crippen molar-refractivity contribution in [1.29, 1.82) is 0 Å². The average molecular weight is 228 g/mol. The molecule has 0 fully saturated rings. The van der Waals surface area contributed by atoms with Crippen LogP contribution in [0.1, 0.15) is 5.56 Å². The summed E-state index contributed by atoms with van der Waals surface area (Å²) in [4.78, 5) is 0.0222. The first-order chi connectivity index (χ1) is 5.82. The second-order valence-electron chi connectivity index (χ2n) is 2.40. The lowest BCUT2D eigenvalue weighted by Crippen LogP contribution is -2.06. The molecule has 0 saturated carbocycles. The number of thiol groups is 1. The maximum absolute atomic E-state index is 12.1. The molecule has 0 aliphatic heterocycles. The van der Waals surface area contributed by atoms with Crippen LogP contribution in [0.2, 0.25) is 5.02 Å². The minimum atomic E-state index is -4.42. The number of hydrogen-bond donors (Lipinski definition) is 2. The van der Waals surface area contributed by atoms with Crippen LogP contribution in [0, 0.1) is 0 Å². The van der Waals surface area contributed by atoms with E-state index in [-0.39, 0.29) is 15.6 Å². The molecule has 0 spiro atoms. The third-order valence-corrected chi connectivity index (χ3v) is 2.32. The Morgan fingerprint density at radius 1 is 1.31 bits per heavy atom. The summed E-state index contributed by atoms with van der Waals surface area (Å²) in [6, 6.07) is 1.61. The van der Waals surface area contributed by atoms with Crippen molar-refractivity contribution in [3.63, 3.8) is 0 Å². The van der Waals surface area contributed by atoms with Gasteiger partial charge in [0.2, 0.25) is 0 Å². The number of nitrogens with two attached hydrogens (primary N) is 1. The lowest BCUT2D eigenvalue weighted by atomic mass is 10.2. The molecule has 1 aromatic rings. The topological polar surface area (TPSA) is 26.0 Å². The first-order valence-corrected chi connectivity index (χ1v) is 4.00. The molecule has 72 valence electrons. The third kappa shape index (κ3) is 2.22. The highest BCUT2D eigenvalue weighted by molar-refractivity contribution is 7.80. The van der Waals surface area contributed by atoms with Gasteiger partial charge in [0.1, 0.15) is 0 Å². The fourth-order valence-corrected chi connectivity index (χ4v) is 1.17. The van der Waals surface area contributed by atoms with Gasteiger partial charge in [-0.15, -0.1) is 12.6 Å². The number of rotatable bonds is 0. The van der Waals surface area contributed by atoms with Crippen molar-refractivity contribution in [3.8, 4) is 0 Å². The lowest BCUT2D eigenvalue weighted by molar-refractivity contribution is -0.137. The first kappa shape index (κ1) is 10.5. The summed E-state index contributed by atoms with van der Waals surface area (Å²) in [5.74, 6) is 0. The molecule has 1 nitrogen and oxygen atoms in total. The molecule has 0 heterocycles. The first-order valence-electron chi connectivity index (χ1n) is 3.17. The second kappa shape index (κ2) is 3.31. The Bertz CT molecular complexity index is 314. The molecule has 0 aromatic heterocycles. The van der Waals surface area contributed by atoms with Gasteiger partial charge in [-0.2, -0.15) is 13.2 Å². The number of alkyl halides is 3. The van der Waals surface area contributed by atoms with Gasteiger partial charge in [0.25, 0.3) is 0 Å². The van der Waals surface area contributed by atoms with Gasteiger partial charge in [0.05, 0.1) is 16.3 Å². The molecule has 0 aliphatic rings. The summed E-state index contributed by atoms with van der Waals surface area (Å²) in [6.45, 7) is 0. The van der Waals surface area contributed by atoms with Crippen LogP contribution < -0.4 is 5.73 Å². The summed E-state index contributed by atoms with van der Waals surface area (Å²) in [5.41, 5.74) is 4.27. The van der Waals surface area contributed by atoms with Crippen molar-refractivity contribution in [2.75, 3.05) is 5.73 Å². The highest BCUT2D eigenvalue weighted by Gasteiger charge is 2.31. The quantitative estimate of drug-likeness (QED) is 0.517. The van der Waals surface area contributed by atoms with E-state index in [0.29, 0.717) is 0 Å². The van der Waals surface area contributed by atoms with E-state index in [1.54, 1.807) is 0 Å². The zero-order valence-corrected chi connectivity index (χ0v) is 7.84. The largest absolute Gasteiger partial charge is 0.416 e. The summed E-state index contributed by atoms with van der Waals surface area (Å²) in [6.07, 6.45) is -4.42. The number of benzene rings is 1. The molecule has 2 N–H and O–H groups in total. The standard InChI is InChI=1S/C7H5ClF3NS/c8-6-4(12)1-3(2-5(6)13)7(9,10)11/h1-2,13H,12H2. The van der Waals surface area contributed by atoms with E-state index >= 15 is 0 Å². The maximum atomic E-state index is 12.1. The van der Waals surface area contributed by atoms with Crippen LogP contribution in [0.3, 0.4) is 0 Å². The van der Waals surface area contributed by atoms with E-state index < -0.39 is 11.7 Å². The molecular weight excluding hydrogens is 223 g/mol. The molecule has 0 bridgehead atoms. The molecule has 0 unspecified atom stereocenters. The predicted octanol–water partition coefficient (Wildman–Crippen LogP) is 3.23. The van der Waals surface area contributed by atoms with Crippen LogP contribution in [-0.4, -0.2) is 0 Å². The van der Waals surface area contributed by atoms with Gasteiger partial charge in [-0.1, -0.05) is 11.6 Å². The molecule has 13 heavy (non-hydrogen) atoms. The van der Waals surface area contributed by atoms with Crippen molar-refractivity contribution >= 4 is 29.9 Å². The van der Waals surface area contributed by atoms with E-state index in [1.165, 1.54) is 0 Å². The van der Waals surface area contributed by atoms with E-state index in [0.717, 1.165) is 12.1 Å². The van der Waals surface area contributed by atoms with Crippen molar-refractivity contribution < 1.29 is 13.2 Å². The van der Waals surface area contributed by atoms with Crippen LogP contribution in [0.4, 0.5) is 18.9 Å². The van der Waals surface area contributed by atoms with Crippen molar-refractivity contribution in [3.05, 3.63) is 22.7 Å². The van der Waals surface area contributed by atoms with Crippen molar-refractivity contribution in [1.82, 2.24) is 0 Å². The molecular formula is C7H5ClF3NS. The van der Waals surface area contributed by atoms with Gasteiger partial charge in [0, 0.05) is 4.90 Å². The van der Waals surface area contributed by atoms with Crippen LogP contribution in [0.5, 0.6) is 0 Å². The Balaban J connectivity index is 3.29. The fourth-order valence-electron chi connectivity index (χ4n) is 0.795. The summed E-state index contributed by atoms with van der Waals surface area (Å²) in [7, 11) is 0. The smallest absolute Gasteiger partial charge is 0.397 e. The lowest BCUT2D eigenvalue weighted by Gasteiger charge is -2.09. The number of nitrogen functional groups attached to an aromatic ring is 1. The maximum Gasteiger partial charge on any atom is 0.416 e. The fraction of sp³-hybridized carbons (Fsp3) is 0.143. The summed E-state index contributed by atoms with van der Waals surface area (Å²) < 4.78 is 36.4. The van der Waals surface area contributed by atoms with Crippen LogP contribution in [0.15, 0.2) is 17.0 Å². The Kier molecular flexibility index (Phi) is 2.68. The van der Waals surface area contributed by atoms with Crippen molar-refractivity contribution in [2.45, 2.75) is 11.1 Å². The summed E-state index contributed by atoms with van der Waals surface area (Å²) >= 11 is 9.29. The zero-order chi connectivity index (χ0) is 10.2. The van der Waals surface area contributed by atoms with Gasteiger partial charge in [0.15, 0.2) is 0 Å². The van der Waals surface area contributed by atoms with E-state index in [1.807, 2.05) is 0 Å². The Hall–Kier alpha value is -0.550. The van der Waals surface area contributed by atoms with Gasteiger partial charge < -0.3 is 5.73 Å². The molecule has 0 radical (unpaired) electrons. The van der Waals surface area contributed by atoms with E-state index in [9.17, 15) is 13.2 Å². The Labute approximate surface area is 83.1 Å². The van der Waals surface area contributed by atoms with Gasteiger partial charge in [-0.25, -0.2) is 0 Å². The molecule has 6 heteroatoms. The Morgan fingerprint density at radius 3 is 2.23 bits per heavy atom. The van der Waals surface area contributed by atoms with E-state index in [4.69, 9.17) is 17.3 Å². The zero-order valence-electron chi connectivity index (χ0n) is 6.19. The monoisotopic (exact) mass is 227 g/mol. The molecule has 0 amide bonds. The van der Waals surface area contributed by atoms with E-state index in [2.05, 4.69) is 12.6 Å². The highest BCUT2D eigenvalue weighted by atomic mass is 35.5. The molecule has 1 aromatic carbocycles. The normalized spacial score (nSPS) is 11.8. The molecule has 0 saturated heterocycles. The predicted molar refractivity (Wildman–Crippen MR) is 48.1 cm³/mol. The number of hydrogen-bond acceptors (Lipinski definition) is 2. The molecule has 0 aliphatic carbocycles. The third-order valence-electron chi connectivity index (χ3n) is 1.41. The molecule has 1 rings (SSSR count).